The Balaban J connectivity index is 1.69. The molecule has 1 N–H and O–H groups in total. The lowest BCUT2D eigenvalue weighted by molar-refractivity contribution is -0.144. The molecule has 3 rings (SSSR count). The Morgan fingerprint density at radius 3 is 2.62 bits per heavy atom. The Bertz CT molecular complexity index is 717. The van der Waals surface area contributed by atoms with Gasteiger partial charge in [0, 0.05) is 12.2 Å². The number of anilines is 1. The van der Waals surface area contributed by atoms with Crippen molar-refractivity contribution in [3.05, 3.63) is 23.5 Å². The number of nitrogens with one attached hydrogen (secondary N) is 1. The summed E-state index contributed by atoms with van der Waals surface area (Å²) in [5.74, 6) is -2.47. The maximum Gasteiger partial charge on any atom is 0.334 e. The van der Waals surface area contributed by atoms with Gasteiger partial charge < -0.3 is 5.32 Å². The molecule has 8 nitrogen and oxygen atoms in total. The van der Waals surface area contributed by atoms with Crippen LogP contribution in [0.15, 0.2) is 18.3 Å². The van der Waals surface area contributed by atoms with Gasteiger partial charge in [0.15, 0.2) is 5.15 Å². The minimum Gasteiger partial charge on any atom is -0.322 e. The molecule has 1 saturated heterocycles. The fourth-order valence-electron chi connectivity index (χ4n) is 2.96. The molecular weight excluding hydrogens is 336 g/mol. The average Bonchev–Trinajstić information content (AvgIpc) is 3.14. The molecule has 2 fully saturated rings. The molecule has 0 unspecified atom stereocenters. The Hall–Kier alpha value is -2.48. The van der Waals surface area contributed by atoms with Gasteiger partial charge in [0.1, 0.15) is 6.54 Å². The number of amides is 5. The van der Waals surface area contributed by atoms with E-state index < -0.39 is 30.3 Å². The summed E-state index contributed by atoms with van der Waals surface area (Å²) in [5, 5.41) is 2.56. The van der Waals surface area contributed by atoms with Gasteiger partial charge in [0.2, 0.25) is 5.91 Å². The summed E-state index contributed by atoms with van der Waals surface area (Å²) in [6, 6.07) is 2.13. The summed E-state index contributed by atoms with van der Waals surface area (Å²) in [4.78, 5) is 54.0. The summed E-state index contributed by atoms with van der Waals surface area (Å²) < 4.78 is 0. The lowest BCUT2D eigenvalue weighted by Gasteiger charge is -2.20. The van der Waals surface area contributed by atoms with E-state index in [1.807, 2.05) is 0 Å². The van der Waals surface area contributed by atoms with Crippen LogP contribution in [-0.4, -0.2) is 51.1 Å². The SMILES string of the molecule is O=C(CN1C(=O)C(=O)N(C2CCCC2)C1=O)Nc1cccnc1Cl. The first-order valence-corrected chi connectivity index (χ1v) is 7.96. The van der Waals surface area contributed by atoms with E-state index >= 15 is 0 Å². The molecule has 2 heterocycles. The van der Waals surface area contributed by atoms with E-state index in [1.54, 1.807) is 6.07 Å². The van der Waals surface area contributed by atoms with Crippen molar-refractivity contribution in [3.63, 3.8) is 0 Å². The van der Waals surface area contributed by atoms with Crippen molar-refractivity contribution < 1.29 is 19.2 Å². The van der Waals surface area contributed by atoms with E-state index in [1.165, 1.54) is 12.3 Å². The van der Waals surface area contributed by atoms with Crippen LogP contribution in [0.3, 0.4) is 0 Å². The number of nitrogens with zero attached hydrogens (tertiary/aromatic N) is 3. The van der Waals surface area contributed by atoms with Gasteiger partial charge in [-0.3, -0.25) is 19.3 Å². The fourth-order valence-corrected chi connectivity index (χ4v) is 3.13. The van der Waals surface area contributed by atoms with E-state index in [0.29, 0.717) is 17.7 Å². The Kier molecular flexibility index (Phi) is 4.48. The van der Waals surface area contributed by atoms with Crippen molar-refractivity contribution in [2.24, 2.45) is 0 Å². The molecule has 126 valence electrons. The summed E-state index contributed by atoms with van der Waals surface area (Å²) >= 11 is 5.84. The lowest BCUT2D eigenvalue weighted by atomic mass is 10.2. The van der Waals surface area contributed by atoms with Crippen LogP contribution in [0.5, 0.6) is 0 Å². The topological polar surface area (TPSA) is 99.7 Å². The Labute approximate surface area is 142 Å². The second kappa shape index (κ2) is 6.56. The summed E-state index contributed by atoms with van der Waals surface area (Å²) in [7, 11) is 0. The smallest absolute Gasteiger partial charge is 0.322 e. The molecular formula is C15H15ClN4O4. The van der Waals surface area contributed by atoms with Crippen LogP contribution in [0, 0.1) is 0 Å². The second-order valence-electron chi connectivity index (χ2n) is 5.68. The third-order valence-corrected chi connectivity index (χ3v) is 4.41. The van der Waals surface area contributed by atoms with Crippen molar-refractivity contribution in [2.75, 3.05) is 11.9 Å². The number of halogens is 1. The van der Waals surface area contributed by atoms with Gasteiger partial charge in [0.25, 0.3) is 0 Å². The largest absolute Gasteiger partial charge is 0.334 e. The van der Waals surface area contributed by atoms with Gasteiger partial charge in [-0.25, -0.2) is 14.7 Å². The van der Waals surface area contributed by atoms with E-state index in [-0.39, 0.29) is 16.9 Å². The quantitative estimate of drug-likeness (QED) is 0.502. The first kappa shape index (κ1) is 16.4. The number of urea groups is 1. The molecule has 0 atom stereocenters. The number of imide groups is 2. The highest BCUT2D eigenvalue weighted by atomic mass is 35.5. The molecule has 0 spiro atoms. The van der Waals surface area contributed by atoms with Crippen LogP contribution in [0.4, 0.5) is 10.5 Å². The number of rotatable bonds is 4. The summed E-state index contributed by atoms with van der Waals surface area (Å²) in [6.45, 7) is -0.544. The fraction of sp³-hybridized carbons (Fsp3) is 0.400. The van der Waals surface area contributed by atoms with Gasteiger partial charge >= 0.3 is 17.8 Å². The van der Waals surface area contributed by atoms with Crippen LogP contribution in [0.1, 0.15) is 25.7 Å². The molecule has 0 aromatic carbocycles. The van der Waals surface area contributed by atoms with E-state index in [9.17, 15) is 19.2 Å². The maximum absolute atomic E-state index is 12.4. The highest BCUT2D eigenvalue weighted by molar-refractivity contribution is 6.45. The van der Waals surface area contributed by atoms with Crippen molar-refractivity contribution in [1.82, 2.24) is 14.8 Å². The lowest BCUT2D eigenvalue weighted by Crippen LogP contribution is -2.41. The van der Waals surface area contributed by atoms with Crippen molar-refractivity contribution in [2.45, 2.75) is 31.7 Å². The predicted octanol–water partition coefficient (Wildman–Crippen LogP) is 1.41. The Morgan fingerprint density at radius 1 is 1.25 bits per heavy atom. The first-order chi connectivity index (χ1) is 11.5. The zero-order chi connectivity index (χ0) is 17.3. The van der Waals surface area contributed by atoms with E-state index in [0.717, 1.165) is 17.7 Å². The Morgan fingerprint density at radius 2 is 1.96 bits per heavy atom. The molecule has 1 aliphatic carbocycles. The second-order valence-corrected chi connectivity index (χ2v) is 6.04. The molecule has 5 amide bonds. The van der Waals surface area contributed by atoms with Gasteiger partial charge in [-0.15, -0.1) is 0 Å². The molecule has 0 bridgehead atoms. The van der Waals surface area contributed by atoms with Crippen LogP contribution in [0.25, 0.3) is 0 Å². The summed E-state index contributed by atoms with van der Waals surface area (Å²) in [6.07, 6.45) is 4.67. The minimum atomic E-state index is -0.973. The molecule has 1 aromatic rings. The summed E-state index contributed by atoms with van der Waals surface area (Å²) in [5.41, 5.74) is 0.266. The van der Waals surface area contributed by atoms with Crippen molar-refractivity contribution in [1.29, 1.82) is 0 Å². The minimum absolute atomic E-state index is 0.0913. The molecule has 0 radical (unpaired) electrons. The van der Waals surface area contributed by atoms with E-state index in [4.69, 9.17) is 11.6 Å². The van der Waals surface area contributed by atoms with Crippen molar-refractivity contribution in [3.8, 4) is 0 Å². The standard InChI is InChI=1S/C15H15ClN4O4/c16-12-10(6-3-7-17-12)18-11(21)8-19-13(22)14(23)20(15(19)24)9-4-1-2-5-9/h3,6-7,9H,1-2,4-5,8H2,(H,18,21). The zero-order valence-corrected chi connectivity index (χ0v) is 13.5. The molecule has 1 aliphatic heterocycles. The van der Waals surface area contributed by atoms with Gasteiger partial charge in [-0.2, -0.15) is 0 Å². The first-order valence-electron chi connectivity index (χ1n) is 7.58. The van der Waals surface area contributed by atoms with Crippen molar-refractivity contribution >= 4 is 41.0 Å². The molecule has 1 saturated carbocycles. The molecule has 1 aromatic heterocycles. The number of carbonyl (C=O) groups is 4. The van der Waals surface area contributed by atoms with Crippen LogP contribution in [-0.2, 0) is 14.4 Å². The molecule has 9 heteroatoms. The number of carbonyl (C=O) groups excluding carboxylic acids is 4. The highest BCUT2D eigenvalue weighted by Crippen LogP contribution is 2.27. The third kappa shape index (κ3) is 2.96. The van der Waals surface area contributed by atoms with Crippen LogP contribution >= 0.6 is 11.6 Å². The van der Waals surface area contributed by atoms with Gasteiger partial charge in [-0.1, -0.05) is 24.4 Å². The van der Waals surface area contributed by atoms with Crippen LogP contribution < -0.4 is 5.32 Å². The number of aromatic nitrogens is 1. The van der Waals surface area contributed by atoms with Crippen LogP contribution in [0.2, 0.25) is 5.15 Å². The predicted molar refractivity (Wildman–Crippen MR) is 84.1 cm³/mol. The number of pyridine rings is 1. The molecule has 2 aliphatic rings. The maximum atomic E-state index is 12.4. The van der Waals surface area contributed by atoms with Gasteiger partial charge in [-0.05, 0) is 25.0 Å². The number of hydrogen-bond donors (Lipinski definition) is 1. The average molecular weight is 351 g/mol. The normalized spacial score (nSPS) is 18.6. The third-order valence-electron chi connectivity index (χ3n) is 4.11. The zero-order valence-electron chi connectivity index (χ0n) is 12.7. The highest BCUT2D eigenvalue weighted by Gasteiger charge is 2.48. The monoisotopic (exact) mass is 350 g/mol. The van der Waals surface area contributed by atoms with Gasteiger partial charge in [0.05, 0.1) is 5.69 Å². The molecule has 24 heavy (non-hydrogen) atoms. The number of hydrogen-bond acceptors (Lipinski definition) is 5. The van der Waals surface area contributed by atoms with E-state index in [2.05, 4.69) is 10.3 Å².